The molecule has 0 saturated carbocycles. The third-order valence-electron chi connectivity index (χ3n) is 3.71. The summed E-state index contributed by atoms with van der Waals surface area (Å²) in [5, 5.41) is 3.16. The van der Waals surface area contributed by atoms with E-state index < -0.39 is 0 Å². The van der Waals surface area contributed by atoms with Gasteiger partial charge in [0, 0.05) is 32.7 Å². The lowest BCUT2D eigenvalue weighted by Crippen LogP contribution is -2.56. The quantitative estimate of drug-likeness (QED) is 0.544. The third-order valence-corrected chi connectivity index (χ3v) is 3.71. The molecule has 0 radical (unpaired) electrons. The Morgan fingerprint density at radius 3 is 2.71 bits per heavy atom. The number of halogens is 1. The second-order valence-electron chi connectivity index (χ2n) is 5.03. The monoisotopic (exact) mass is 317 g/mol. The van der Waals surface area contributed by atoms with Gasteiger partial charge in [-0.05, 0) is 26.7 Å². The van der Waals surface area contributed by atoms with Gasteiger partial charge in [0.25, 0.3) is 0 Å². The molecule has 1 aliphatic heterocycles. The summed E-state index contributed by atoms with van der Waals surface area (Å²) in [5.41, 5.74) is 0. The Morgan fingerprint density at radius 2 is 2.14 bits per heavy atom. The Kier molecular flexibility index (Phi) is 10.1. The number of carbonyl (C=O) groups is 2. The number of rotatable bonds is 8. The zero-order valence-corrected chi connectivity index (χ0v) is 14.0. The summed E-state index contributed by atoms with van der Waals surface area (Å²) in [7, 11) is 0. The fraction of sp³-hybridized carbons (Fsp3) is 0.733. The first-order valence-electron chi connectivity index (χ1n) is 7.54. The van der Waals surface area contributed by atoms with Gasteiger partial charge < -0.3 is 15.1 Å². The molecule has 21 heavy (non-hydrogen) atoms. The van der Waals surface area contributed by atoms with Gasteiger partial charge in [0.15, 0.2) is 0 Å². The van der Waals surface area contributed by atoms with E-state index in [-0.39, 0.29) is 36.7 Å². The molecule has 1 unspecified atom stereocenters. The van der Waals surface area contributed by atoms with Crippen molar-refractivity contribution in [1.82, 2.24) is 15.1 Å². The number of nitrogens with one attached hydrogen (secondary N) is 1. The lowest BCUT2D eigenvalue weighted by molar-refractivity contribution is -0.140. The molecule has 0 aromatic rings. The van der Waals surface area contributed by atoms with E-state index in [2.05, 4.69) is 11.9 Å². The largest absolute Gasteiger partial charge is 0.343 e. The van der Waals surface area contributed by atoms with E-state index in [9.17, 15) is 9.59 Å². The molecule has 1 fully saturated rings. The van der Waals surface area contributed by atoms with E-state index in [1.165, 1.54) is 0 Å². The number of unbranched alkanes of at least 4 members (excludes halogenated alkanes) is 1. The van der Waals surface area contributed by atoms with Gasteiger partial charge >= 0.3 is 0 Å². The molecule has 0 spiro atoms. The van der Waals surface area contributed by atoms with Gasteiger partial charge in [-0.3, -0.25) is 9.59 Å². The van der Waals surface area contributed by atoms with Crippen molar-refractivity contribution >= 4 is 24.2 Å². The van der Waals surface area contributed by atoms with Crippen LogP contribution in [-0.4, -0.2) is 60.4 Å². The van der Waals surface area contributed by atoms with Gasteiger partial charge in [0.05, 0.1) is 12.5 Å². The average Bonchev–Trinajstić information content (AvgIpc) is 2.44. The summed E-state index contributed by atoms with van der Waals surface area (Å²) in [6, 6.07) is -0.361. The van der Waals surface area contributed by atoms with Crippen molar-refractivity contribution in [3.63, 3.8) is 0 Å². The van der Waals surface area contributed by atoms with E-state index in [0.29, 0.717) is 13.1 Å². The summed E-state index contributed by atoms with van der Waals surface area (Å²) in [5.74, 6) is 0.106. The smallest absolute Gasteiger partial charge is 0.240 e. The van der Waals surface area contributed by atoms with E-state index in [1.807, 2.05) is 24.8 Å². The van der Waals surface area contributed by atoms with Crippen LogP contribution in [-0.2, 0) is 9.59 Å². The van der Waals surface area contributed by atoms with Crippen molar-refractivity contribution < 1.29 is 9.59 Å². The van der Waals surface area contributed by atoms with Crippen LogP contribution in [0.1, 0.15) is 33.1 Å². The Bertz CT molecular complexity index is 346. The fourth-order valence-corrected chi connectivity index (χ4v) is 2.48. The Balaban J connectivity index is 0.00000400. The predicted octanol–water partition coefficient (Wildman–Crippen LogP) is 1.43. The number of allylic oxidation sites excluding steroid dienone is 1. The van der Waals surface area contributed by atoms with Crippen molar-refractivity contribution in [3.8, 4) is 0 Å². The van der Waals surface area contributed by atoms with Gasteiger partial charge in [0.2, 0.25) is 11.8 Å². The molecule has 1 rings (SSSR count). The maximum atomic E-state index is 12.3. The molecule has 0 aromatic carbocycles. The molecular weight excluding hydrogens is 290 g/mol. The summed E-state index contributed by atoms with van der Waals surface area (Å²) in [4.78, 5) is 28.0. The minimum absolute atomic E-state index is 0. The molecule has 5 nitrogen and oxygen atoms in total. The van der Waals surface area contributed by atoms with Crippen LogP contribution in [0.25, 0.3) is 0 Å². The van der Waals surface area contributed by atoms with Crippen molar-refractivity contribution in [3.05, 3.63) is 12.7 Å². The lowest BCUT2D eigenvalue weighted by Gasteiger charge is -2.33. The highest BCUT2D eigenvalue weighted by Gasteiger charge is 2.30. The van der Waals surface area contributed by atoms with Crippen molar-refractivity contribution in [1.29, 1.82) is 0 Å². The first kappa shape index (κ1) is 19.9. The molecule has 1 N–H and O–H groups in total. The summed E-state index contributed by atoms with van der Waals surface area (Å²) < 4.78 is 0. The summed E-state index contributed by atoms with van der Waals surface area (Å²) in [6.45, 7) is 11.2. The number of nitrogens with zero attached hydrogens (tertiary/aromatic N) is 2. The highest BCUT2D eigenvalue weighted by Crippen LogP contribution is 2.09. The van der Waals surface area contributed by atoms with Gasteiger partial charge in [0.1, 0.15) is 0 Å². The molecule has 2 amide bonds. The normalized spacial score (nSPS) is 18.1. The number of hydrogen-bond acceptors (Lipinski definition) is 3. The zero-order valence-electron chi connectivity index (χ0n) is 13.1. The van der Waals surface area contributed by atoms with Gasteiger partial charge in [-0.15, -0.1) is 19.0 Å². The molecule has 1 atom stereocenters. The predicted molar refractivity (Wildman–Crippen MR) is 87.6 cm³/mol. The molecule has 0 bridgehead atoms. The van der Waals surface area contributed by atoms with Gasteiger partial charge in [-0.1, -0.05) is 6.08 Å². The van der Waals surface area contributed by atoms with Crippen LogP contribution in [0.2, 0.25) is 0 Å². The molecule has 0 aliphatic carbocycles. The molecule has 1 saturated heterocycles. The van der Waals surface area contributed by atoms with Crippen LogP contribution in [0.5, 0.6) is 0 Å². The van der Waals surface area contributed by atoms with E-state index in [0.717, 1.165) is 32.5 Å². The number of piperazine rings is 1. The second-order valence-corrected chi connectivity index (χ2v) is 5.03. The Labute approximate surface area is 134 Å². The molecule has 1 heterocycles. The summed E-state index contributed by atoms with van der Waals surface area (Å²) >= 11 is 0. The van der Waals surface area contributed by atoms with Crippen molar-refractivity contribution in [2.45, 2.75) is 39.2 Å². The second kappa shape index (κ2) is 10.6. The highest BCUT2D eigenvalue weighted by atomic mass is 35.5. The van der Waals surface area contributed by atoms with E-state index >= 15 is 0 Å². The maximum absolute atomic E-state index is 12.3. The van der Waals surface area contributed by atoms with E-state index in [1.54, 1.807) is 4.90 Å². The number of carbonyl (C=O) groups excluding carboxylic acids is 2. The fourth-order valence-electron chi connectivity index (χ4n) is 2.48. The number of hydrogen-bond donors (Lipinski definition) is 1. The molecule has 0 aromatic heterocycles. The van der Waals surface area contributed by atoms with Crippen LogP contribution in [0.3, 0.4) is 0 Å². The zero-order chi connectivity index (χ0) is 15.0. The topological polar surface area (TPSA) is 52.7 Å². The highest BCUT2D eigenvalue weighted by molar-refractivity contribution is 5.89. The molecule has 6 heteroatoms. The average molecular weight is 318 g/mol. The van der Waals surface area contributed by atoms with Crippen molar-refractivity contribution in [2.24, 2.45) is 0 Å². The van der Waals surface area contributed by atoms with Crippen molar-refractivity contribution in [2.75, 3.05) is 32.7 Å². The third kappa shape index (κ3) is 6.06. The molecular formula is C15H28ClN3O2. The maximum Gasteiger partial charge on any atom is 0.240 e. The molecule has 1 aliphatic rings. The Morgan fingerprint density at radius 1 is 1.48 bits per heavy atom. The molecule has 122 valence electrons. The first-order valence-corrected chi connectivity index (χ1v) is 7.54. The van der Waals surface area contributed by atoms with Crippen LogP contribution in [0, 0.1) is 0 Å². The van der Waals surface area contributed by atoms with Crippen LogP contribution >= 0.6 is 12.4 Å². The lowest BCUT2D eigenvalue weighted by atomic mass is 10.1. The van der Waals surface area contributed by atoms with Crippen LogP contribution < -0.4 is 5.32 Å². The summed E-state index contributed by atoms with van der Waals surface area (Å²) in [6.07, 6.45) is 3.98. The SMILES string of the molecule is C=CCCCN1CCNC(CC(=O)N(CC)CC)C1=O.Cl. The Hall–Kier alpha value is -1.07. The van der Waals surface area contributed by atoms with Crippen LogP contribution in [0.15, 0.2) is 12.7 Å². The van der Waals surface area contributed by atoms with Gasteiger partial charge in [-0.2, -0.15) is 0 Å². The number of amides is 2. The minimum Gasteiger partial charge on any atom is -0.343 e. The van der Waals surface area contributed by atoms with Crippen LogP contribution in [0.4, 0.5) is 0 Å². The van der Waals surface area contributed by atoms with E-state index in [4.69, 9.17) is 0 Å². The first-order chi connectivity index (χ1) is 9.63. The minimum atomic E-state index is -0.361. The van der Waals surface area contributed by atoms with Gasteiger partial charge in [-0.25, -0.2) is 0 Å². The standard InChI is InChI=1S/C15H27N3O2.ClH/c1-4-7-8-10-18-11-9-16-13(15(18)20)12-14(19)17(5-2)6-3;/h4,13,16H,1,5-12H2,2-3H3;1H.